The minimum Gasteiger partial charge on any atom is -0.496 e. The van der Waals surface area contributed by atoms with Crippen molar-refractivity contribution in [2.75, 3.05) is 13.7 Å². The number of methoxy groups -OCH3 is 1. The summed E-state index contributed by atoms with van der Waals surface area (Å²) in [5.41, 5.74) is 1.87. The zero-order chi connectivity index (χ0) is 19.1. The predicted octanol–water partition coefficient (Wildman–Crippen LogP) is 2.92. The highest BCUT2D eigenvalue weighted by Gasteiger charge is 2.34. The van der Waals surface area contributed by atoms with Gasteiger partial charge in [0.05, 0.1) is 29.2 Å². The van der Waals surface area contributed by atoms with E-state index in [9.17, 15) is 19.7 Å². The van der Waals surface area contributed by atoms with E-state index < -0.39 is 4.92 Å². The van der Waals surface area contributed by atoms with Gasteiger partial charge in [-0.1, -0.05) is 12.1 Å². The molecular weight excluding hydrogens is 350 g/mol. The van der Waals surface area contributed by atoms with Crippen molar-refractivity contribution in [3.8, 4) is 5.75 Å². The summed E-state index contributed by atoms with van der Waals surface area (Å²) in [6.45, 7) is 0.185. The number of imide groups is 1. The van der Waals surface area contributed by atoms with Gasteiger partial charge in [-0.05, 0) is 30.2 Å². The summed E-state index contributed by atoms with van der Waals surface area (Å²) in [5.74, 6) is -0.270. The molecule has 4 rings (SSSR count). The Kier molecular flexibility index (Phi) is 3.88. The Balaban J connectivity index is 1.64. The Morgan fingerprint density at radius 1 is 1.15 bits per heavy atom. The Labute approximate surface area is 153 Å². The predicted molar refractivity (Wildman–Crippen MR) is 97.0 cm³/mol. The number of nitrogens with one attached hydrogen (secondary N) is 1. The normalized spacial score (nSPS) is 13.3. The van der Waals surface area contributed by atoms with Crippen LogP contribution >= 0.6 is 0 Å². The highest BCUT2D eigenvalue weighted by molar-refractivity contribution is 6.21. The lowest BCUT2D eigenvalue weighted by molar-refractivity contribution is -0.383. The molecule has 1 aromatic heterocycles. The van der Waals surface area contributed by atoms with E-state index in [1.54, 1.807) is 36.5 Å². The Hall–Kier alpha value is -3.68. The molecule has 0 radical (unpaired) electrons. The van der Waals surface area contributed by atoms with Crippen LogP contribution in [0.3, 0.4) is 0 Å². The maximum atomic E-state index is 12.5. The molecule has 27 heavy (non-hydrogen) atoms. The molecule has 2 aromatic carbocycles. The second-order valence-electron chi connectivity index (χ2n) is 6.20. The molecule has 0 saturated heterocycles. The van der Waals surface area contributed by atoms with Crippen LogP contribution in [0.25, 0.3) is 10.9 Å². The number of H-pyrrole nitrogens is 1. The SMILES string of the molecule is COc1cc([N+](=O)[O-])c2[nH]cc(CCN3C(=O)c4ccccc4C3=O)c2c1. The van der Waals surface area contributed by atoms with Gasteiger partial charge < -0.3 is 9.72 Å². The molecule has 1 aliphatic rings. The minimum atomic E-state index is -0.477. The number of fused-ring (bicyclic) bond motifs is 2. The van der Waals surface area contributed by atoms with E-state index >= 15 is 0 Å². The van der Waals surface area contributed by atoms with Crippen molar-refractivity contribution in [3.05, 3.63) is 69.4 Å². The van der Waals surface area contributed by atoms with Crippen LogP contribution in [0.5, 0.6) is 5.75 Å². The van der Waals surface area contributed by atoms with Gasteiger partial charge in [-0.25, -0.2) is 0 Å². The van der Waals surface area contributed by atoms with Gasteiger partial charge in [0, 0.05) is 18.1 Å². The highest BCUT2D eigenvalue weighted by Crippen LogP contribution is 2.33. The molecule has 0 saturated carbocycles. The number of benzene rings is 2. The summed E-state index contributed by atoms with van der Waals surface area (Å²) in [6, 6.07) is 9.77. The monoisotopic (exact) mass is 365 g/mol. The third-order valence-corrected chi connectivity index (χ3v) is 4.74. The first-order valence-electron chi connectivity index (χ1n) is 8.29. The minimum absolute atomic E-state index is 0.0867. The third-order valence-electron chi connectivity index (χ3n) is 4.74. The average molecular weight is 365 g/mol. The molecule has 1 aliphatic heterocycles. The van der Waals surface area contributed by atoms with Crippen LogP contribution in [0.4, 0.5) is 5.69 Å². The van der Waals surface area contributed by atoms with Gasteiger partial charge in [-0.15, -0.1) is 0 Å². The van der Waals surface area contributed by atoms with Crippen LogP contribution in [-0.4, -0.2) is 40.3 Å². The van der Waals surface area contributed by atoms with Gasteiger partial charge in [0.15, 0.2) is 0 Å². The first-order valence-corrected chi connectivity index (χ1v) is 8.29. The zero-order valence-electron chi connectivity index (χ0n) is 14.4. The number of aromatic amines is 1. The molecule has 136 valence electrons. The lowest BCUT2D eigenvalue weighted by Gasteiger charge is -2.13. The number of carbonyl (C=O) groups is 2. The first kappa shape index (κ1) is 16.8. The maximum Gasteiger partial charge on any atom is 0.296 e. The molecule has 8 nitrogen and oxygen atoms in total. The number of nitrogens with zero attached hydrogens (tertiary/aromatic N) is 2. The Morgan fingerprint density at radius 2 is 1.81 bits per heavy atom. The molecule has 1 N–H and O–H groups in total. The fraction of sp³-hybridized carbons (Fsp3) is 0.158. The van der Waals surface area contributed by atoms with Crippen LogP contribution < -0.4 is 4.74 Å². The van der Waals surface area contributed by atoms with Crippen LogP contribution in [0.1, 0.15) is 26.3 Å². The van der Waals surface area contributed by atoms with Crippen molar-refractivity contribution in [1.82, 2.24) is 9.88 Å². The Morgan fingerprint density at radius 3 is 2.41 bits per heavy atom. The fourth-order valence-electron chi connectivity index (χ4n) is 3.39. The van der Waals surface area contributed by atoms with Crippen LogP contribution in [-0.2, 0) is 6.42 Å². The smallest absolute Gasteiger partial charge is 0.296 e. The quantitative estimate of drug-likeness (QED) is 0.425. The van der Waals surface area contributed by atoms with Gasteiger partial charge in [0.1, 0.15) is 11.3 Å². The van der Waals surface area contributed by atoms with Crippen LogP contribution in [0.15, 0.2) is 42.6 Å². The Bertz CT molecular complexity index is 1070. The molecule has 3 aromatic rings. The van der Waals surface area contributed by atoms with Crippen molar-refractivity contribution >= 4 is 28.4 Å². The standard InChI is InChI=1S/C19H15N3O5/c1-27-12-8-15-11(10-20-17(15)16(9-12)22(25)26)6-7-21-18(23)13-4-2-3-5-14(13)19(21)24/h2-5,8-10,20H,6-7H2,1H3. The lowest BCUT2D eigenvalue weighted by Crippen LogP contribution is -2.31. The summed E-state index contributed by atoms with van der Waals surface area (Å²) >= 11 is 0. The number of hydrogen-bond acceptors (Lipinski definition) is 5. The van der Waals surface area contributed by atoms with Crippen molar-refractivity contribution < 1.29 is 19.2 Å². The molecule has 0 unspecified atom stereocenters. The number of aromatic nitrogens is 1. The number of ether oxygens (including phenoxy) is 1. The molecule has 0 fully saturated rings. The van der Waals surface area contributed by atoms with E-state index in [1.807, 2.05) is 0 Å². The number of nitro groups is 1. The van der Waals surface area contributed by atoms with Crippen LogP contribution in [0, 0.1) is 10.1 Å². The summed E-state index contributed by atoms with van der Waals surface area (Å²) in [7, 11) is 1.44. The number of rotatable bonds is 5. The number of hydrogen-bond donors (Lipinski definition) is 1. The first-order chi connectivity index (χ1) is 13.0. The average Bonchev–Trinajstić information content (AvgIpc) is 3.19. The van der Waals surface area contributed by atoms with E-state index in [4.69, 9.17) is 4.74 Å². The molecule has 8 heteroatoms. The third kappa shape index (κ3) is 2.62. The van der Waals surface area contributed by atoms with Crippen molar-refractivity contribution in [3.63, 3.8) is 0 Å². The second-order valence-corrected chi connectivity index (χ2v) is 6.20. The second kappa shape index (κ2) is 6.24. The zero-order valence-corrected chi connectivity index (χ0v) is 14.4. The highest BCUT2D eigenvalue weighted by atomic mass is 16.6. The number of nitro benzene ring substituents is 1. The van der Waals surface area contributed by atoms with E-state index in [2.05, 4.69) is 4.98 Å². The summed E-state index contributed by atoms with van der Waals surface area (Å²) < 4.78 is 5.15. The molecule has 2 heterocycles. The van der Waals surface area contributed by atoms with E-state index in [1.165, 1.54) is 18.1 Å². The summed E-state index contributed by atoms with van der Waals surface area (Å²) in [5, 5.41) is 11.9. The van der Waals surface area contributed by atoms with Crippen molar-refractivity contribution in [1.29, 1.82) is 0 Å². The number of amides is 2. The topological polar surface area (TPSA) is 106 Å². The van der Waals surface area contributed by atoms with Gasteiger partial charge in [0.2, 0.25) is 0 Å². The molecular formula is C19H15N3O5. The number of non-ortho nitro benzene ring substituents is 1. The van der Waals surface area contributed by atoms with Crippen molar-refractivity contribution in [2.24, 2.45) is 0 Å². The van der Waals surface area contributed by atoms with Gasteiger partial charge in [0.25, 0.3) is 17.5 Å². The molecule has 0 atom stereocenters. The maximum absolute atomic E-state index is 12.5. The lowest BCUT2D eigenvalue weighted by atomic mass is 10.1. The molecule has 0 bridgehead atoms. The molecule has 0 aliphatic carbocycles. The largest absolute Gasteiger partial charge is 0.496 e. The number of carbonyl (C=O) groups excluding carboxylic acids is 2. The van der Waals surface area contributed by atoms with Gasteiger partial charge in [-0.2, -0.15) is 0 Å². The van der Waals surface area contributed by atoms with E-state index in [0.717, 1.165) is 5.56 Å². The van der Waals surface area contributed by atoms with Crippen LogP contribution in [0.2, 0.25) is 0 Å². The summed E-state index contributed by atoms with van der Waals surface area (Å²) in [6.07, 6.45) is 2.03. The van der Waals surface area contributed by atoms with E-state index in [-0.39, 0.29) is 24.0 Å². The van der Waals surface area contributed by atoms with E-state index in [0.29, 0.717) is 34.2 Å². The van der Waals surface area contributed by atoms with Gasteiger partial charge in [-0.3, -0.25) is 24.6 Å². The molecule has 2 amide bonds. The molecule has 0 spiro atoms. The van der Waals surface area contributed by atoms with Gasteiger partial charge >= 0.3 is 0 Å². The summed E-state index contributed by atoms with van der Waals surface area (Å²) in [4.78, 5) is 39.9. The fourth-order valence-corrected chi connectivity index (χ4v) is 3.39. The van der Waals surface area contributed by atoms with Crippen molar-refractivity contribution in [2.45, 2.75) is 6.42 Å².